The summed E-state index contributed by atoms with van der Waals surface area (Å²) in [5.74, 6) is 1.45. The molecule has 1 atom stereocenters. The van der Waals surface area contributed by atoms with Gasteiger partial charge < -0.3 is 10.8 Å². The highest BCUT2D eigenvalue weighted by Gasteiger charge is 2.06. The molecule has 0 aromatic heterocycles. The Morgan fingerprint density at radius 2 is 2.29 bits per heavy atom. The van der Waals surface area contributed by atoms with E-state index < -0.39 is 5.91 Å². The van der Waals surface area contributed by atoms with Gasteiger partial charge in [-0.25, -0.2) is 0 Å². The summed E-state index contributed by atoms with van der Waals surface area (Å²) in [5.41, 5.74) is 6.56. The van der Waals surface area contributed by atoms with Gasteiger partial charge in [-0.15, -0.1) is 0 Å². The van der Waals surface area contributed by atoms with E-state index in [1.165, 1.54) is 0 Å². The summed E-state index contributed by atoms with van der Waals surface area (Å²) >= 11 is 7.76. The van der Waals surface area contributed by atoms with Crippen molar-refractivity contribution in [2.45, 2.75) is 12.7 Å². The van der Waals surface area contributed by atoms with Gasteiger partial charge in [-0.1, -0.05) is 24.6 Å². The number of carbonyl (C=O) groups excluding carboxylic acids is 1. The molecule has 3 N–H and O–H groups in total. The topological polar surface area (TPSA) is 63.3 Å². The number of primary amides is 1. The van der Waals surface area contributed by atoms with E-state index in [4.69, 9.17) is 22.4 Å². The van der Waals surface area contributed by atoms with Crippen molar-refractivity contribution in [3.63, 3.8) is 0 Å². The zero-order chi connectivity index (χ0) is 12.8. The monoisotopic (exact) mass is 273 g/mol. The number of thioether (sulfide) groups is 1. The van der Waals surface area contributed by atoms with Crippen molar-refractivity contribution in [1.82, 2.24) is 0 Å². The molecule has 1 unspecified atom stereocenters. The Morgan fingerprint density at radius 1 is 1.59 bits per heavy atom. The maximum Gasteiger partial charge on any atom is 0.248 e. The minimum Gasteiger partial charge on any atom is -0.396 e. The summed E-state index contributed by atoms with van der Waals surface area (Å²) in [4.78, 5) is 10.9. The molecule has 94 valence electrons. The highest BCUT2D eigenvalue weighted by Crippen LogP contribution is 2.23. The van der Waals surface area contributed by atoms with Gasteiger partial charge >= 0.3 is 0 Å². The van der Waals surface area contributed by atoms with Gasteiger partial charge in [0.15, 0.2) is 0 Å². The average Bonchev–Trinajstić information content (AvgIpc) is 2.30. The molecule has 0 fully saturated rings. The first-order chi connectivity index (χ1) is 8.04. The number of hydrogen-bond acceptors (Lipinski definition) is 3. The lowest BCUT2D eigenvalue weighted by molar-refractivity contribution is 0.100. The summed E-state index contributed by atoms with van der Waals surface area (Å²) in [7, 11) is 0. The lowest BCUT2D eigenvalue weighted by atomic mass is 10.1. The van der Waals surface area contributed by atoms with Crippen molar-refractivity contribution < 1.29 is 9.90 Å². The number of amides is 1. The highest BCUT2D eigenvalue weighted by molar-refractivity contribution is 7.98. The van der Waals surface area contributed by atoms with Gasteiger partial charge in [-0.3, -0.25) is 4.79 Å². The fourth-order valence-corrected chi connectivity index (χ4v) is 2.66. The summed E-state index contributed by atoms with van der Waals surface area (Å²) in [6.45, 7) is 2.19. The predicted molar refractivity (Wildman–Crippen MR) is 72.4 cm³/mol. The summed E-state index contributed by atoms with van der Waals surface area (Å²) < 4.78 is 0. The maximum atomic E-state index is 10.9. The Kier molecular flexibility index (Phi) is 5.82. The smallest absolute Gasteiger partial charge is 0.248 e. The number of aliphatic hydroxyl groups excluding tert-OH is 1. The van der Waals surface area contributed by atoms with Gasteiger partial charge in [0, 0.05) is 22.9 Å². The van der Waals surface area contributed by atoms with Crippen LogP contribution in [0.15, 0.2) is 18.2 Å². The van der Waals surface area contributed by atoms with Crippen molar-refractivity contribution >= 4 is 29.3 Å². The molecule has 1 amide bonds. The van der Waals surface area contributed by atoms with Crippen molar-refractivity contribution in [3.05, 3.63) is 34.3 Å². The first kappa shape index (κ1) is 14.4. The SMILES string of the molecule is CC(CO)CSCc1ccc(C(N)=O)cc1Cl. The molecule has 0 aliphatic carbocycles. The van der Waals surface area contributed by atoms with Crippen LogP contribution in [0.5, 0.6) is 0 Å². The van der Waals surface area contributed by atoms with Crippen molar-refractivity contribution in [2.24, 2.45) is 11.7 Å². The van der Waals surface area contributed by atoms with Crippen LogP contribution in [0.4, 0.5) is 0 Å². The first-order valence-corrected chi connectivity index (χ1v) is 6.84. The fraction of sp³-hybridized carbons (Fsp3) is 0.417. The van der Waals surface area contributed by atoms with Crippen LogP contribution >= 0.6 is 23.4 Å². The molecule has 1 aromatic rings. The van der Waals surface area contributed by atoms with E-state index in [1.807, 2.05) is 13.0 Å². The van der Waals surface area contributed by atoms with E-state index in [0.717, 1.165) is 17.1 Å². The second-order valence-electron chi connectivity index (χ2n) is 3.97. The van der Waals surface area contributed by atoms with E-state index in [2.05, 4.69) is 0 Å². The molecule has 0 heterocycles. The Hall–Kier alpha value is -0.710. The van der Waals surface area contributed by atoms with Crippen LogP contribution in [0, 0.1) is 5.92 Å². The molecule has 17 heavy (non-hydrogen) atoms. The average molecular weight is 274 g/mol. The third-order valence-electron chi connectivity index (χ3n) is 2.31. The second kappa shape index (κ2) is 6.89. The maximum absolute atomic E-state index is 10.9. The van der Waals surface area contributed by atoms with Gasteiger partial charge in [0.05, 0.1) is 0 Å². The Balaban J connectivity index is 2.57. The quantitative estimate of drug-likeness (QED) is 0.836. The molecule has 0 radical (unpaired) electrons. The minimum atomic E-state index is -0.472. The van der Waals surface area contributed by atoms with Crippen molar-refractivity contribution in [2.75, 3.05) is 12.4 Å². The summed E-state index contributed by atoms with van der Waals surface area (Å²) in [6, 6.07) is 5.09. The molecular weight excluding hydrogens is 258 g/mol. The number of hydrogen-bond donors (Lipinski definition) is 2. The van der Waals surface area contributed by atoms with Gasteiger partial charge in [0.1, 0.15) is 0 Å². The molecular formula is C12H16ClNO2S. The van der Waals surface area contributed by atoms with E-state index in [0.29, 0.717) is 10.6 Å². The molecule has 5 heteroatoms. The second-order valence-corrected chi connectivity index (χ2v) is 5.41. The van der Waals surface area contributed by atoms with Crippen molar-refractivity contribution in [1.29, 1.82) is 0 Å². The van der Waals surface area contributed by atoms with Gasteiger partial charge in [-0.05, 0) is 29.4 Å². The number of nitrogens with two attached hydrogens (primary N) is 1. The normalized spacial score (nSPS) is 12.4. The lowest BCUT2D eigenvalue weighted by Crippen LogP contribution is -2.10. The van der Waals surface area contributed by atoms with E-state index in [-0.39, 0.29) is 12.5 Å². The Bertz CT molecular complexity index is 398. The Morgan fingerprint density at radius 3 is 2.82 bits per heavy atom. The van der Waals surface area contributed by atoms with Crippen LogP contribution in [0.1, 0.15) is 22.8 Å². The molecule has 1 aromatic carbocycles. The van der Waals surface area contributed by atoms with E-state index in [9.17, 15) is 4.79 Å². The predicted octanol–water partition coefficient (Wildman–Crippen LogP) is 2.30. The molecule has 0 saturated heterocycles. The minimum absolute atomic E-state index is 0.196. The number of aliphatic hydroxyl groups is 1. The fourth-order valence-electron chi connectivity index (χ4n) is 1.24. The molecule has 0 aliphatic heterocycles. The molecule has 0 bridgehead atoms. The molecule has 0 spiro atoms. The lowest BCUT2D eigenvalue weighted by Gasteiger charge is -2.08. The molecule has 1 rings (SSSR count). The number of halogens is 1. The molecule has 0 saturated carbocycles. The van der Waals surface area contributed by atoms with E-state index in [1.54, 1.807) is 23.9 Å². The summed E-state index contributed by atoms with van der Waals surface area (Å²) in [6.07, 6.45) is 0. The molecule has 0 aliphatic rings. The number of carbonyl (C=O) groups is 1. The standard InChI is InChI=1S/C12H16ClNO2S/c1-8(5-15)6-17-7-10-3-2-9(12(14)16)4-11(10)13/h2-4,8,15H,5-7H2,1H3,(H2,14,16). The zero-order valence-corrected chi connectivity index (χ0v) is 11.2. The van der Waals surface area contributed by atoms with Crippen LogP contribution in [0.2, 0.25) is 5.02 Å². The van der Waals surface area contributed by atoms with Crippen molar-refractivity contribution in [3.8, 4) is 0 Å². The summed E-state index contributed by atoms with van der Waals surface area (Å²) in [5, 5.41) is 9.45. The largest absolute Gasteiger partial charge is 0.396 e. The van der Waals surface area contributed by atoms with Crippen LogP contribution in [0.3, 0.4) is 0 Å². The first-order valence-electron chi connectivity index (χ1n) is 5.31. The molecule has 3 nitrogen and oxygen atoms in total. The zero-order valence-electron chi connectivity index (χ0n) is 9.65. The van der Waals surface area contributed by atoms with Gasteiger partial charge in [-0.2, -0.15) is 11.8 Å². The number of benzene rings is 1. The van der Waals surface area contributed by atoms with E-state index >= 15 is 0 Å². The van der Waals surface area contributed by atoms with Crippen LogP contribution in [0.25, 0.3) is 0 Å². The number of rotatable bonds is 6. The Labute approximate surface area is 110 Å². The van der Waals surface area contributed by atoms with Gasteiger partial charge in [0.25, 0.3) is 0 Å². The van der Waals surface area contributed by atoms with Crippen LogP contribution in [-0.4, -0.2) is 23.4 Å². The third kappa shape index (κ3) is 4.58. The third-order valence-corrected chi connectivity index (χ3v) is 3.98. The van der Waals surface area contributed by atoms with Crippen LogP contribution < -0.4 is 5.73 Å². The highest BCUT2D eigenvalue weighted by atomic mass is 35.5. The van der Waals surface area contributed by atoms with Crippen LogP contribution in [-0.2, 0) is 5.75 Å². The van der Waals surface area contributed by atoms with Gasteiger partial charge in [0.2, 0.25) is 5.91 Å².